The van der Waals surface area contributed by atoms with E-state index in [1.165, 1.54) is 12.1 Å². The smallest absolute Gasteiger partial charge is 0.325 e. The molecule has 0 aliphatic carbocycles. The second-order valence-electron chi connectivity index (χ2n) is 7.23. The molecule has 3 aromatic rings. The summed E-state index contributed by atoms with van der Waals surface area (Å²) in [5, 5.41) is 4.66. The van der Waals surface area contributed by atoms with Crippen LogP contribution in [-0.4, -0.2) is 37.6 Å². The quantitative estimate of drug-likeness (QED) is 0.485. The third-order valence-corrected chi connectivity index (χ3v) is 6.26. The Bertz CT molecular complexity index is 1230. The van der Waals surface area contributed by atoms with E-state index in [9.17, 15) is 18.0 Å². The van der Waals surface area contributed by atoms with Gasteiger partial charge in [-0.1, -0.05) is 54.6 Å². The van der Waals surface area contributed by atoms with Crippen LogP contribution < -0.4 is 9.50 Å². The summed E-state index contributed by atoms with van der Waals surface area (Å²) in [6, 6.07) is 20.7. The highest BCUT2D eigenvalue weighted by Gasteiger charge is 2.49. The van der Waals surface area contributed by atoms with Crippen LogP contribution in [-0.2, 0) is 20.5 Å². The summed E-state index contributed by atoms with van der Waals surface area (Å²) >= 11 is 0. The molecule has 0 radical (unpaired) electrons. The van der Waals surface area contributed by atoms with Crippen molar-refractivity contribution in [1.82, 2.24) is 10.2 Å². The lowest BCUT2D eigenvalue weighted by atomic mass is 9.90. The lowest BCUT2D eigenvalue weighted by Crippen LogP contribution is -2.41. The predicted octanol–water partition coefficient (Wildman–Crippen LogP) is 3.02. The Hall–Kier alpha value is -3.39. The van der Waals surface area contributed by atoms with Crippen LogP contribution in [0.2, 0.25) is 0 Å². The van der Waals surface area contributed by atoms with Crippen LogP contribution in [0.1, 0.15) is 12.5 Å². The van der Waals surface area contributed by atoms with E-state index in [1.807, 2.05) is 36.4 Å². The lowest BCUT2D eigenvalue weighted by molar-refractivity contribution is -0.130. The molecule has 3 aromatic carbocycles. The third kappa shape index (κ3) is 3.73. The minimum absolute atomic E-state index is 0.177. The largest absolute Gasteiger partial charge is 0.382 e. The van der Waals surface area contributed by atoms with E-state index in [4.69, 9.17) is 4.18 Å². The van der Waals surface area contributed by atoms with E-state index < -0.39 is 33.3 Å². The summed E-state index contributed by atoms with van der Waals surface area (Å²) in [7, 11) is -3.97. The zero-order valence-electron chi connectivity index (χ0n) is 16.2. The lowest BCUT2D eigenvalue weighted by Gasteiger charge is -2.22. The van der Waals surface area contributed by atoms with E-state index >= 15 is 0 Å². The van der Waals surface area contributed by atoms with Crippen LogP contribution in [0.25, 0.3) is 10.8 Å². The van der Waals surface area contributed by atoms with Crippen LogP contribution >= 0.6 is 0 Å². The van der Waals surface area contributed by atoms with Gasteiger partial charge < -0.3 is 9.50 Å². The number of carbonyl (C=O) groups is 2. The Kier molecular flexibility index (Phi) is 4.95. The van der Waals surface area contributed by atoms with Gasteiger partial charge in [-0.3, -0.25) is 9.69 Å². The molecule has 154 valence electrons. The van der Waals surface area contributed by atoms with Gasteiger partial charge in [0.15, 0.2) is 0 Å². The number of rotatable bonds is 6. The topological polar surface area (TPSA) is 92.8 Å². The number of hydrogen-bond acceptors (Lipinski definition) is 5. The Balaban J connectivity index is 1.51. The van der Waals surface area contributed by atoms with Crippen molar-refractivity contribution in [2.45, 2.75) is 12.5 Å². The molecule has 0 bridgehead atoms. The fourth-order valence-corrected chi connectivity index (χ4v) is 4.36. The average molecular weight is 424 g/mol. The molecular weight excluding hydrogens is 404 g/mol. The molecule has 0 unspecified atom stereocenters. The van der Waals surface area contributed by atoms with Gasteiger partial charge in [-0.15, -0.1) is 0 Å². The van der Waals surface area contributed by atoms with Crippen molar-refractivity contribution in [3.8, 4) is 5.75 Å². The fourth-order valence-electron chi connectivity index (χ4n) is 3.46. The number of imide groups is 1. The molecule has 1 heterocycles. The summed E-state index contributed by atoms with van der Waals surface area (Å²) in [5.41, 5.74) is -0.643. The van der Waals surface area contributed by atoms with E-state index in [1.54, 1.807) is 31.2 Å². The van der Waals surface area contributed by atoms with Crippen molar-refractivity contribution in [3.05, 3.63) is 78.4 Å². The van der Waals surface area contributed by atoms with Gasteiger partial charge in [0.1, 0.15) is 17.0 Å². The van der Waals surface area contributed by atoms with Crippen molar-refractivity contribution in [2.75, 3.05) is 12.3 Å². The monoisotopic (exact) mass is 424 g/mol. The number of benzene rings is 3. The van der Waals surface area contributed by atoms with Crippen molar-refractivity contribution in [3.63, 3.8) is 0 Å². The highest BCUT2D eigenvalue weighted by atomic mass is 32.2. The number of carbonyl (C=O) groups excluding carboxylic acids is 2. The number of para-hydroxylation sites is 1. The number of nitrogens with one attached hydrogen (secondary N) is 1. The molecule has 7 nitrogen and oxygen atoms in total. The zero-order valence-corrected chi connectivity index (χ0v) is 17.1. The molecule has 1 saturated heterocycles. The van der Waals surface area contributed by atoms with Crippen LogP contribution in [0.3, 0.4) is 0 Å². The second kappa shape index (κ2) is 7.46. The molecule has 0 aromatic heterocycles. The number of amides is 3. The highest BCUT2D eigenvalue weighted by molar-refractivity contribution is 7.87. The molecule has 1 atom stereocenters. The first-order valence-electron chi connectivity index (χ1n) is 9.39. The zero-order chi connectivity index (χ0) is 21.4. The van der Waals surface area contributed by atoms with E-state index in [0.29, 0.717) is 5.56 Å². The van der Waals surface area contributed by atoms with Crippen molar-refractivity contribution in [1.29, 1.82) is 0 Å². The Morgan fingerprint density at radius 1 is 0.933 bits per heavy atom. The second-order valence-corrected chi connectivity index (χ2v) is 8.92. The summed E-state index contributed by atoms with van der Waals surface area (Å²) in [4.78, 5) is 26.4. The average Bonchev–Trinajstić information content (AvgIpc) is 2.95. The van der Waals surface area contributed by atoms with Gasteiger partial charge in [-0.25, -0.2) is 4.79 Å². The van der Waals surface area contributed by atoms with Crippen molar-refractivity contribution >= 4 is 32.8 Å². The summed E-state index contributed by atoms with van der Waals surface area (Å²) in [6.07, 6.45) is 0. The molecular formula is C22H20N2O5S. The molecule has 0 saturated carbocycles. The highest BCUT2D eigenvalue weighted by Crippen LogP contribution is 2.31. The molecule has 1 aliphatic heterocycles. The summed E-state index contributed by atoms with van der Waals surface area (Å²) in [6.45, 7) is 1.31. The first-order valence-corrected chi connectivity index (χ1v) is 11.0. The van der Waals surface area contributed by atoms with Crippen molar-refractivity contribution < 1.29 is 22.2 Å². The van der Waals surface area contributed by atoms with Crippen molar-refractivity contribution in [2.24, 2.45) is 0 Å². The number of fused-ring (bicyclic) bond motifs is 1. The van der Waals surface area contributed by atoms with Crippen LogP contribution in [0.5, 0.6) is 5.75 Å². The van der Waals surface area contributed by atoms with E-state index in [-0.39, 0.29) is 12.3 Å². The summed E-state index contributed by atoms with van der Waals surface area (Å²) < 4.78 is 29.5. The first kappa shape index (κ1) is 19.9. The fraction of sp³-hybridized carbons (Fsp3) is 0.182. The third-order valence-electron chi connectivity index (χ3n) is 5.13. The first-order chi connectivity index (χ1) is 14.3. The SMILES string of the molecule is C[C@@]1(c2ccc3ccccc3c2)NC(=O)N(CCS(=O)(=O)Oc2ccccc2)C1=O. The predicted molar refractivity (Wildman–Crippen MR) is 112 cm³/mol. The maximum absolute atomic E-state index is 13.1. The Morgan fingerprint density at radius 2 is 1.60 bits per heavy atom. The Labute approximate surface area is 174 Å². The molecule has 4 rings (SSSR count). The molecule has 0 spiro atoms. The molecule has 30 heavy (non-hydrogen) atoms. The van der Waals surface area contributed by atoms with Gasteiger partial charge in [0.2, 0.25) is 0 Å². The van der Waals surface area contributed by atoms with E-state index in [0.717, 1.165) is 15.7 Å². The molecule has 1 N–H and O–H groups in total. The standard InChI is InChI=1S/C22H20N2O5S/c1-22(18-12-11-16-7-5-6-8-17(16)15-18)20(25)24(21(26)23-22)13-14-30(27,28)29-19-9-3-2-4-10-19/h2-12,15H,13-14H2,1H3,(H,23,26)/t22-/m0/s1. The van der Waals surface area contributed by atoms with Gasteiger partial charge in [0.05, 0.1) is 0 Å². The number of nitrogens with zero attached hydrogens (tertiary/aromatic N) is 1. The maximum Gasteiger partial charge on any atom is 0.325 e. The van der Waals surface area contributed by atoms with Crippen LogP contribution in [0.15, 0.2) is 72.8 Å². The minimum atomic E-state index is -3.97. The molecule has 8 heteroatoms. The Morgan fingerprint density at radius 3 is 2.33 bits per heavy atom. The van der Waals surface area contributed by atoms with Gasteiger partial charge in [0.25, 0.3) is 5.91 Å². The molecule has 3 amide bonds. The van der Waals surface area contributed by atoms with Crippen LogP contribution in [0, 0.1) is 0 Å². The summed E-state index contributed by atoms with van der Waals surface area (Å²) in [5.74, 6) is -0.831. The van der Waals surface area contributed by atoms with Gasteiger partial charge in [0, 0.05) is 6.54 Å². The molecule has 1 fully saturated rings. The van der Waals surface area contributed by atoms with E-state index in [2.05, 4.69) is 5.32 Å². The molecule has 1 aliphatic rings. The number of hydrogen-bond donors (Lipinski definition) is 1. The maximum atomic E-state index is 13.1. The van der Waals surface area contributed by atoms with Gasteiger partial charge in [-0.2, -0.15) is 8.42 Å². The number of urea groups is 1. The minimum Gasteiger partial charge on any atom is -0.382 e. The van der Waals surface area contributed by atoms with Gasteiger partial charge >= 0.3 is 16.1 Å². The normalized spacial score (nSPS) is 19.2. The van der Waals surface area contributed by atoms with Crippen LogP contribution in [0.4, 0.5) is 4.79 Å². The van der Waals surface area contributed by atoms with Gasteiger partial charge in [-0.05, 0) is 41.5 Å².